The highest BCUT2D eigenvalue weighted by Crippen LogP contribution is 2.25. The van der Waals surface area contributed by atoms with Crippen LogP contribution >= 0.6 is 0 Å². The van der Waals surface area contributed by atoms with Gasteiger partial charge in [-0.25, -0.2) is 0 Å². The molecular formula is C26H30N2. The van der Waals surface area contributed by atoms with Crippen LogP contribution in [-0.4, -0.2) is 30.6 Å². The van der Waals surface area contributed by atoms with Gasteiger partial charge in [0.15, 0.2) is 0 Å². The molecule has 28 heavy (non-hydrogen) atoms. The van der Waals surface area contributed by atoms with Crippen LogP contribution in [0.25, 0.3) is 11.1 Å². The van der Waals surface area contributed by atoms with Crippen molar-refractivity contribution in [2.75, 3.05) is 19.6 Å². The van der Waals surface area contributed by atoms with Crippen LogP contribution in [0.2, 0.25) is 0 Å². The lowest BCUT2D eigenvalue weighted by Crippen LogP contribution is -2.51. The number of aryl methyl sites for hydroxylation is 2. The van der Waals surface area contributed by atoms with Crippen LogP contribution in [0, 0.1) is 13.8 Å². The molecule has 2 nitrogen and oxygen atoms in total. The van der Waals surface area contributed by atoms with Gasteiger partial charge < -0.3 is 5.32 Å². The summed E-state index contributed by atoms with van der Waals surface area (Å²) in [4.78, 5) is 2.58. The van der Waals surface area contributed by atoms with Crippen LogP contribution in [0.15, 0.2) is 72.8 Å². The Hall–Kier alpha value is -2.42. The number of hydrogen-bond donors (Lipinski definition) is 1. The molecule has 0 unspecified atom stereocenters. The van der Waals surface area contributed by atoms with Gasteiger partial charge in [0.1, 0.15) is 0 Å². The maximum atomic E-state index is 3.68. The van der Waals surface area contributed by atoms with Gasteiger partial charge >= 0.3 is 0 Å². The SMILES string of the molecule is Cc1ccc(C)c(-c2ccc(CN3CCN[C@H](Cc4ccccc4)C3)cc2)c1. The average Bonchev–Trinajstić information content (AvgIpc) is 2.72. The molecule has 1 aliphatic heterocycles. The molecule has 4 rings (SSSR count). The van der Waals surface area contributed by atoms with Crippen molar-refractivity contribution >= 4 is 0 Å². The first kappa shape index (κ1) is 18.9. The third-order valence-corrected chi connectivity index (χ3v) is 5.73. The highest BCUT2D eigenvalue weighted by atomic mass is 15.2. The second kappa shape index (κ2) is 8.72. The molecule has 0 aliphatic carbocycles. The van der Waals surface area contributed by atoms with Gasteiger partial charge in [0.05, 0.1) is 0 Å². The fraction of sp³-hybridized carbons (Fsp3) is 0.308. The fourth-order valence-electron chi connectivity index (χ4n) is 4.17. The minimum absolute atomic E-state index is 0.533. The Bertz CT molecular complexity index is 899. The molecular weight excluding hydrogens is 340 g/mol. The lowest BCUT2D eigenvalue weighted by Gasteiger charge is -2.34. The molecule has 0 aromatic heterocycles. The minimum Gasteiger partial charge on any atom is -0.311 e. The molecule has 1 atom stereocenters. The molecule has 2 heteroatoms. The molecule has 0 radical (unpaired) electrons. The lowest BCUT2D eigenvalue weighted by molar-refractivity contribution is 0.192. The number of rotatable bonds is 5. The molecule has 1 heterocycles. The highest BCUT2D eigenvalue weighted by Gasteiger charge is 2.19. The molecule has 3 aromatic carbocycles. The second-order valence-corrected chi connectivity index (χ2v) is 8.09. The monoisotopic (exact) mass is 370 g/mol. The highest BCUT2D eigenvalue weighted by molar-refractivity contribution is 5.68. The Kier molecular flexibility index (Phi) is 5.90. The molecule has 0 bridgehead atoms. The van der Waals surface area contributed by atoms with Crippen molar-refractivity contribution in [1.82, 2.24) is 10.2 Å². The number of hydrogen-bond acceptors (Lipinski definition) is 2. The van der Waals surface area contributed by atoms with E-state index in [1.54, 1.807) is 0 Å². The predicted molar refractivity (Wildman–Crippen MR) is 119 cm³/mol. The molecule has 0 saturated carbocycles. The van der Waals surface area contributed by atoms with Crippen LogP contribution in [0.3, 0.4) is 0 Å². The van der Waals surface area contributed by atoms with E-state index in [0.717, 1.165) is 32.6 Å². The zero-order chi connectivity index (χ0) is 19.3. The molecule has 144 valence electrons. The Morgan fingerprint density at radius 2 is 1.68 bits per heavy atom. The summed E-state index contributed by atoms with van der Waals surface area (Å²) in [6.45, 7) is 8.67. The van der Waals surface area contributed by atoms with E-state index in [-0.39, 0.29) is 0 Å². The summed E-state index contributed by atoms with van der Waals surface area (Å²) in [6.07, 6.45) is 1.10. The number of benzene rings is 3. The average molecular weight is 371 g/mol. The van der Waals surface area contributed by atoms with Crippen molar-refractivity contribution in [1.29, 1.82) is 0 Å². The van der Waals surface area contributed by atoms with Crippen molar-refractivity contribution in [2.24, 2.45) is 0 Å². The van der Waals surface area contributed by atoms with Gasteiger partial charge in [0.2, 0.25) is 0 Å². The summed E-state index contributed by atoms with van der Waals surface area (Å²) in [7, 11) is 0. The van der Waals surface area contributed by atoms with E-state index in [1.165, 1.54) is 33.4 Å². The van der Waals surface area contributed by atoms with Gasteiger partial charge in [-0.2, -0.15) is 0 Å². The normalized spacial score (nSPS) is 17.6. The van der Waals surface area contributed by atoms with E-state index in [0.29, 0.717) is 6.04 Å². The van der Waals surface area contributed by atoms with Crippen LogP contribution < -0.4 is 5.32 Å². The van der Waals surface area contributed by atoms with Crippen LogP contribution in [0.4, 0.5) is 0 Å². The topological polar surface area (TPSA) is 15.3 Å². The largest absolute Gasteiger partial charge is 0.311 e. The molecule has 1 N–H and O–H groups in total. The molecule has 1 fully saturated rings. The lowest BCUT2D eigenvalue weighted by atomic mass is 9.97. The molecule has 0 spiro atoms. The van der Waals surface area contributed by atoms with Gasteiger partial charge in [0.25, 0.3) is 0 Å². The third-order valence-electron chi connectivity index (χ3n) is 5.73. The summed E-state index contributed by atoms with van der Waals surface area (Å²) in [5.74, 6) is 0. The van der Waals surface area contributed by atoms with Gasteiger partial charge in [0, 0.05) is 32.2 Å². The van der Waals surface area contributed by atoms with E-state index >= 15 is 0 Å². The zero-order valence-corrected chi connectivity index (χ0v) is 17.0. The quantitative estimate of drug-likeness (QED) is 0.681. The van der Waals surface area contributed by atoms with E-state index in [2.05, 4.69) is 96.9 Å². The number of piperazine rings is 1. The zero-order valence-electron chi connectivity index (χ0n) is 17.0. The van der Waals surface area contributed by atoms with E-state index in [4.69, 9.17) is 0 Å². The van der Waals surface area contributed by atoms with Crippen molar-refractivity contribution < 1.29 is 0 Å². The Balaban J connectivity index is 1.39. The second-order valence-electron chi connectivity index (χ2n) is 8.09. The third kappa shape index (κ3) is 4.70. The molecule has 1 saturated heterocycles. The van der Waals surface area contributed by atoms with Crippen LogP contribution in [-0.2, 0) is 13.0 Å². The summed E-state index contributed by atoms with van der Waals surface area (Å²) in [6, 6.07) is 27.2. The van der Waals surface area contributed by atoms with Gasteiger partial charge in [-0.05, 0) is 48.1 Å². The van der Waals surface area contributed by atoms with Gasteiger partial charge in [-0.1, -0.05) is 78.4 Å². The van der Waals surface area contributed by atoms with Gasteiger partial charge in [-0.15, -0.1) is 0 Å². The molecule has 1 aliphatic rings. The summed E-state index contributed by atoms with van der Waals surface area (Å²) in [5.41, 5.74) is 8.12. The van der Waals surface area contributed by atoms with Gasteiger partial charge in [-0.3, -0.25) is 4.90 Å². The maximum absolute atomic E-state index is 3.68. The molecule has 0 amide bonds. The number of nitrogens with one attached hydrogen (secondary N) is 1. The first-order valence-electron chi connectivity index (χ1n) is 10.3. The first-order valence-corrected chi connectivity index (χ1v) is 10.3. The van der Waals surface area contributed by atoms with Crippen molar-refractivity contribution in [3.8, 4) is 11.1 Å². The minimum atomic E-state index is 0.533. The van der Waals surface area contributed by atoms with E-state index < -0.39 is 0 Å². The standard InChI is InChI=1S/C26H30N2/c1-20-8-9-21(2)26(16-20)24-12-10-23(11-13-24)18-28-15-14-27-25(19-28)17-22-6-4-3-5-7-22/h3-13,16,25,27H,14-15,17-19H2,1-2H3/t25-/m1/s1. The first-order chi connectivity index (χ1) is 13.7. The smallest absolute Gasteiger partial charge is 0.0236 e. The van der Waals surface area contributed by atoms with Crippen molar-refractivity contribution in [3.05, 3.63) is 95.1 Å². The fourth-order valence-corrected chi connectivity index (χ4v) is 4.17. The summed E-state index contributed by atoms with van der Waals surface area (Å²) in [5, 5.41) is 3.68. The van der Waals surface area contributed by atoms with Crippen molar-refractivity contribution in [3.63, 3.8) is 0 Å². The summed E-state index contributed by atoms with van der Waals surface area (Å²) >= 11 is 0. The number of nitrogens with zero attached hydrogens (tertiary/aromatic N) is 1. The predicted octanol–water partition coefficient (Wildman–Crippen LogP) is 4.99. The molecule has 3 aromatic rings. The van der Waals surface area contributed by atoms with Crippen LogP contribution in [0.5, 0.6) is 0 Å². The Labute approximate surface area is 169 Å². The van der Waals surface area contributed by atoms with E-state index in [9.17, 15) is 0 Å². The van der Waals surface area contributed by atoms with E-state index in [1.807, 2.05) is 0 Å². The maximum Gasteiger partial charge on any atom is 0.0236 e. The Morgan fingerprint density at radius 3 is 2.46 bits per heavy atom. The summed E-state index contributed by atoms with van der Waals surface area (Å²) < 4.78 is 0. The van der Waals surface area contributed by atoms with Crippen LogP contribution in [0.1, 0.15) is 22.3 Å². The van der Waals surface area contributed by atoms with Crippen molar-refractivity contribution in [2.45, 2.75) is 32.9 Å². The Morgan fingerprint density at radius 1 is 0.893 bits per heavy atom.